The van der Waals surface area contributed by atoms with Crippen LogP contribution in [0.15, 0.2) is 60.7 Å². The number of fused-ring (bicyclic) bond motifs is 1. The number of aromatic amines is 1. The monoisotopic (exact) mass is 303 g/mol. The summed E-state index contributed by atoms with van der Waals surface area (Å²) in [5, 5.41) is 27.5. The molecule has 0 radical (unpaired) electrons. The van der Waals surface area contributed by atoms with E-state index in [-0.39, 0.29) is 11.5 Å². The number of nitrogens with one attached hydrogen (secondary N) is 1. The van der Waals surface area contributed by atoms with Gasteiger partial charge in [0.25, 0.3) is 0 Å². The van der Waals surface area contributed by atoms with Crippen LogP contribution in [0.25, 0.3) is 33.5 Å². The first-order valence-corrected chi connectivity index (χ1v) is 7.15. The molecular formula is C18H13N3O2. The molecule has 0 unspecified atom stereocenters. The lowest BCUT2D eigenvalue weighted by Gasteiger charge is -2.03. The van der Waals surface area contributed by atoms with E-state index in [1.54, 1.807) is 24.3 Å². The fourth-order valence-electron chi connectivity index (χ4n) is 2.59. The molecule has 0 aliphatic carbocycles. The molecule has 0 atom stereocenters. The van der Waals surface area contributed by atoms with Crippen LogP contribution < -0.4 is 0 Å². The van der Waals surface area contributed by atoms with Crippen molar-refractivity contribution in [2.75, 3.05) is 0 Å². The zero-order valence-electron chi connectivity index (χ0n) is 12.1. The molecule has 0 aliphatic heterocycles. The molecule has 5 nitrogen and oxygen atoms in total. The highest BCUT2D eigenvalue weighted by Crippen LogP contribution is 2.31. The van der Waals surface area contributed by atoms with E-state index in [2.05, 4.69) is 15.2 Å². The molecular weight excluding hydrogens is 290 g/mol. The summed E-state index contributed by atoms with van der Waals surface area (Å²) in [7, 11) is 0. The summed E-state index contributed by atoms with van der Waals surface area (Å²) < 4.78 is 0. The number of aromatic hydroxyl groups is 2. The number of pyridine rings is 1. The predicted molar refractivity (Wildman–Crippen MR) is 88.1 cm³/mol. The minimum absolute atomic E-state index is 0.189. The highest BCUT2D eigenvalue weighted by atomic mass is 16.3. The Kier molecular flexibility index (Phi) is 2.98. The molecule has 0 aliphatic rings. The minimum Gasteiger partial charge on any atom is -0.508 e. The molecule has 0 bridgehead atoms. The van der Waals surface area contributed by atoms with E-state index in [9.17, 15) is 10.2 Å². The first-order valence-electron chi connectivity index (χ1n) is 7.15. The molecule has 4 aromatic rings. The molecule has 23 heavy (non-hydrogen) atoms. The number of hydrogen-bond acceptors (Lipinski definition) is 4. The van der Waals surface area contributed by atoms with E-state index in [0.29, 0.717) is 16.9 Å². The van der Waals surface area contributed by atoms with Crippen LogP contribution in [0, 0.1) is 0 Å². The first-order chi connectivity index (χ1) is 11.2. The fourth-order valence-corrected chi connectivity index (χ4v) is 2.59. The number of benzene rings is 2. The van der Waals surface area contributed by atoms with Crippen LogP contribution in [-0.2, 0) is 0 Å². The van der Waals surface area contributed by atoms with Crippen molar-refractivity contribution in [2.24, 2.45) is 0 Å². The number of phenolic OH excluding ortho intramolecular Hbond substituents is 2. The van der Waals surface area contributed by atoms with Crippen molar-refractivity contribution in [1.82, 2.24) is 15.2 Å². The van der Waals surface area contributed by atoms with Crippen molar-refractivity contribution >= 4 is 11.0 Å². The van der Waals surface area contributed by atoms with Crippen molar-refractivity contribution in [3.8, 4) is 34.0 Å². The Morgan fingerprint density at radius 2 is 1.61 bits per heavy atom. The summed E-state index contributed by atoms with van der Waals surface area (Å²) in [4.78, 5) is 4.52. The Bertz CT molecular complexity index is 991. The number of aromatic nitrogens is 3. The second-order valence-corrected chi connectivity index (χ2v) is 5.23. The molecule has 112 valence electrons. The minimum atomic E-state index is 0.189. The summed E-state index contributed by atoms with van der Waals surface area (Å²) in [6.07, 6.45) is 0. The smallest absolute Gasteiger partial charge is 0.182 e. The van der Waals surface area contributed by atoms with E-state index < -0.39 is 0 Å². The standard InChI is InChI=1S/C18H13N3O2/c22-12-7-5-11(6-8-12)17-14-9-10-15(19-18(14)21-20-17)13-3-1-2-4-16(13)23/h1-10,22-23H,(H,19,20,21). The summed E-state index contributed by atoms with van der Waals surface area (Å²) in [6.45, 7) is 0. The molecule has 2 aromatic carbocycles. The lowest BCUT2D eigenvalue weighted by Crippen LogP contribution is -1.85. The molecule has 0 spiro atoms. The van der Waals surface area contributed by atoms with Crippen LogP contribution in [0.1, 0.15) is 0 Å². The lowest BCUT2D eigenvalue weighted by atomic mass is 10.1. The van der Waals surface area contributed by atoms with Crippen molar-refractivity contribution in [2.45, 2.75) is 0 Å². The summed E-state index contributed by atoms with van der Waals surface area (Å²) in [6, 6.07) is 17.8. The topological polar surface area (TPSA) is 82.0 Å². The predicted octanol–water partition coefficient (Wildman–Crippen LogP) is 3.70. The SMILES string of the molecule is Oc1ccc(-c2[nH]nc3nc(-c4ccccc4O)ccc23)cc1. The van der Waals surface area contributed by atoms with Crippen LogP contribution in [-0.4, -0.2) is 25.4 Å². The van der Waals surface area contributed by atoms with Gasteiger partial charge in [0, 0.05) is 16.5 Å². The average Bonchev–Trinajstić information content (AvgIpc) is 2.99. The van der Waals surface area contributed by atoms with Gasteiger partial charge in [-0.05, 0) is 48.5 Å². The van der Waals surface area contributed by atoms with Crippen molar-refractivity contribution in [3.05, 3.63) is 60.7 Å². The van der Waals surface area contributed by atoms with Gasteiger partial charge in [-0.3, -0.25) is 5.10 Å². The third kappa shape index (κ3) is 2.28. The Labute approximate surface area is 131 Å². The number of rotatable bonds is 2. The molecule has 0 fully saturated rings. The van der Waals surface area contributed by atoms with Gasteiger partial charge in [-0.15, -0.1) is 0 Å². The van der Waals surface area contributed by atoms with Crippen LogP contribution >= 0.6 is 0 Å². The van der Waals surface area contributed by atoms with Gasteiger partial charge in [0.2, 0.25) is 0 Å². The van der Waals surface area contributed by atoms with E-state index in [1.807, 2.05) is 36.4 Å². The zero-order valence-corrected chi connectivity index (χ0v) is 12.1. The molecule has 0 saturated heterocycles. The van der Waals surface area contributed by atoms with Crippen molar-refractivity contribution < 1.29 is 10.2 Å². The maximum absolute atomic E-state index is 9.95. The Balaban J connectivity index is 1.83. The zero-order chi connectivity index (χ0) is 15.8. The van der Waals surface area contributed by atoms with Crippen LogP contribution in [0.4, 0.5) is 0 Å². The van der Waals surface area contributed by atoms with Gasteiger partial charge >= 0.3 is 0 Å². The maximum atomic E-state index is 9.95. The fraction of sp³-hybridized carbons (Fsp3) is 0. The third-order valence-corrected chi connectivity index (χ3v) is 3.75. The van der Waals surface area contributed by atoms with E-state index in [1.165, 1.54) is 0 Å². The summed E-state index contributed by atoms with van der Waals surface area (Å²) in [5.74, 6) is 0.408. The van der Waals surface area contributed by atoms with Crippen molar-refractivity contribution in [1.29, 1.82) is 0 Å². The van der Waals surface area contributed by atoms with Gasteiger partial charge in [0.1, 0.15) is 11.5 Å². The van der Waals surface area contributed by atoms with Gasteiger partial charge < -0.3 is 10.2 Å². The van der Waals surface area contributed by atoms with Crippen LogP contribution in [0.5, 0.6) is 11.5 Å². The van der Waals surface area contributed by atoms with E-state index in [4.69, 9.17) is 0 Å². The molecule has 2 heterocycles. The molecule has 3 N–H and O–H groups in total. The quantitative estimate of drug-likeness (QED) is 0.527. The van der Waals surface area contributed by atoms with E-state index in [0.717, 1.165) is 16.6 Å². The number of phenols is 2. The van der Waals surface area contributed by atoms with Crippen molar-refractivity contribution in [3.63, 3.8) is 0 Å². The molecule has 5 heteroatoms. The highest BCUT2D eigenvalue weighted by molar-refractivity contribution is 5.92. The summed E-state index contributed by atoms with van der Waals surface area (Å²) in [5.41, 5.74) is 3.68. The van der Waals surface area contributed by atoms with Gasteiger partial charge in [0.15, 0.2) is 5.65 Å². The second kappa shape index (κ2) is 5.14. The number of hydrogen-bond donors (Lipinski definition) is 3. The Hall–Kier alpha value is -3.34. The Morgan fingerprint density at radius 1 is 0.826 bits per heavy atom. The number of nitrogens with zero attached hydrogens (tertiary/aromatic N) is 2. The molecule has 2 aromatic heterocycles. The average molecular weight is 303 g/mol. The molecule has 0 saturated carbocycles. The van der Waals surface area contributed by atoms with E-state index >= 15 is 0 Å². The Morgan fingerprint density at radius 3 is 2.39 bits per heavy atom. The summed E-state index contributed by atoms with van der Waals surface area (Å²) >= 11 is 0. The normalized spacial score (nSPS) is 11.0. The van der Waals surface area contributed by atoms with Gasteiger partial charge in [-0.1, -0.05) is 12.1 Å². The van der Waals surface area contributed by atoms with Crippen LogP contribution in [0.2, 0.25) is 0 Å². The maximum Gasteiger partial charge on any atom is 0.182 e. The lowest BCUT2D eigenvalue weighted by molar-refractivity contribution is 0.475. The highest BCUT2D eigenvalue weighted by Gasteiger charge is 2.11. The largest absolute Gasteiger partial charge is 0.508 e. The number of H-pyrrole nitrogens is 1. The van der Waals surface area contributed by atoms with Crippen LogP contribution in [0.3, 0.4) is 0 Å². The third-order valence-electron chi connectivity index (χ3n) is 3.75. The van der Waals surface area contributed by atoms with Gasteiger partial charge in [-0.25, -0.2) is 4.98 Å². The number of para-hydroxylation sites is 1. The molecule has 0 amide bonds. The van der Waals surface area contributed by atoms with Gasteiger partial charge in [-0.2, -0.15) is 5.10 Å². The second-order valence-electron chi connectivity index (χ2n) is 5.23. The molecule has 4 rings (SSSR count). The van der Waals surface area contributed by atoms with Gasteiger partial charge in [0.05, 0.1) is 11.4 Å². The first kappa shape index (κ1) is 13.3.